The normalized spacial score (nSPS) is 37.7. The Kier molecular flexibility index (Phi) is 4.71. The predicted octanol–water partition coefficient (Wildman–Crippen LogP) is 3.26. The molecule has 0 aromatic rings. The van der Waals surface area contributed by atoms with Crippen LogP contribution in [0.3, 0.4) is 0 Å². The fraction of sp³-hybridized carbons (Fsp3) is 1.00. The third-order valence-electron chi connectivity index (χ3n) is 5.34. The van der Waals surface area contributed by atoms with Crippen molar-refractivity contribution in [2.75, 3.05) is 19.6 Å². The van der Waals surface area contributed by atoms with Gasteiger partial charge in [0.2, 0.25) is 0 Å². The molecule has 0 radical (unpaired) electrons. The van der Waals surface area contributed by atoms with Crippen molar-refractivity contribution < 1.29 is 0 Å². The zero-order valence-electron chi connectivity index (χ0n) is 12.6. The van der Waals surface area contributed by atoms with E-state index >= 15 is 0 Å². The largest absolute Gasteiger partial charge is 0.330 e. The Morgan fingerprint density at radius 3 is 2.67 bits per heavy atom. The zero-order valence-corrected chi connectivity index (χ0v) is 12.6. The third kappa shape index (κ3) is 3.27. The molecule has 2 rings (SSSR count). The van der Waals surface area contributed by atoms with E-state index in [4.69, 9.17) is 5.73 Å². The van der Waals surface area contributed by atoms with E-state index in [1.165, 1.54) is 51.6 Å². The molecule has 0 aromatic heterocycles. The molecule has 2 nitrogen and oxygen atoms in total. The Hall–Kier alpha value is -0.0800. The van der Waals surface area contributed by atoms with E-state index in [1.807, 2.05) is 0 Å². The summed E-state index contributed by atoms with van der Waals surface area (Å²) in [6, 6.07) is 0.772. The SMILES string of the molecule is CCC1CCC(CN)C(N2CCCC(C)(C)C2)C1. The van der Waals surface area contributed by atoms with Gasteiger partial charge in [-0.2, -0.15) is 0 Å². The van der Waals surface area contributed by atoms with Gasteiger partial charge in [0.1, 0.15) is 0 Å². The van der Waals surface area contributed by atoms with Gasteiger partial charge < -0.3 is 5.73 Å². The molecule has 1 aliphatic carbocycles. The summed E-state index contributed by atoms with van der Waals surface area (Å²) in [6.45, 7) is 10.7. The molecule has 2 heteroatoms. The molecule has 1 saturated heterocycles. The van der Waals surface area contributed by atoms with Crippen LogP contribution < -0.4 is 5.73 Å². The van der Waals surface area contributed by atoms with Crippen LogP contribution in [0.15, 0.2) is 0 Å². The summed E-state index contributed by atoms with van der Waals surface area (Å²) in [5, 5.41) is 0. The topological polar surface area (TPSA) is 29.3 Å². The van der Waals surface area contributed by atoms with Crippen molar-refractivity contribution in [3.05, 3.63) is 0 Å². The minimum absolute atomic E-state index is 0.510. The highest BCUT2D eigenvalue weighted by Crippen LogP contribution is 2.37. The monoisotopic (exact) mass is 252 g/mol. The molecule has 0 aromatic carbocycles. The molecule has 18 heavy (non-hydrogen) atoms. The number of nitrogens with two attached hydrogens (primary N) is 1. The molecule has 2 fully saturated rings. The van der Waals surface area contributed by atoms with Gasteiger partial charge in [-0.25, -0.2) is 0 Å². The number of likely N-dealkylation sites (tertiary alicyclic amines) is 1. The van der Waals surface area contributed by atoms with Crippen LogP contribution in [-0.2, 0) is 0 Å². The predicted molar refractivity (Wildman–Crippen MR) is 78.6 cm³/mol. The minimum Gasteiger partial charge on any atom is -0.330 e. The molecule has 1 heterocycles. The number of piperidine rings is 1. The molecule has 3 atom stereocenters. The Morgan fingerprint density at radius 1 is 1.28 bits per heavy atom. The first kappa shape index (κ1) is 14.3. The van der Waals surface area contributed by atoms with Crippen LogP contribution >= 0.6 is 0 Å². The molecule has 2 N–H and O–H groups in total. The second-order valence-corrected chi connectivity index (χ2v) is 7.39. The molecular weight excluding hydrogens is 220 g/mol. The molecule has 106 valence electrons. The summed E-state index contributed by atoms with van der Waals surface area (Å²) in [5.41, 5.74) is 6.54. The molecule has 3 unspecified atom stereocenters. The Bertz CT molecular complexity index is 262. The van der Waals surface area contributed by atoms with E-state index in [9.17, 15) is 0 Å². The molecular formula is C16H32N2. The first-order chi connectivity index (χ1) is 8.55. The quantitative estimate of drug-likeness (QED) is 0.835. The second kappa shape index (κ2) is 5.92. The second-order valence-electron chi connectivity index (χ2n) is 7.39. The Balaban J connectivity index is 2.03. The van der Waals surface area contributed by atoms with Gasteiger partial charge in [0.25, 0.3) is 0 Å². The lowest BCUT2D eigenvalue weighted by molar-refractivity contribution is 0.0216. The average molecular weight is 252 g/mol. The first-order valence-corrected chi connectivity index (χ1v) is 8.00. The van der Waals surface area contributed by atoms with Gasteiger partial charge in [-0.15, -0.1) is 0 Å². The number of hydrogen-bond donors (Lipinski definition) is 1. The first-order valence-electron chi connectivity index (χ1n) is 8.00. The summed E-state index contributed by atoms with van der Waals surface area (Å²) >= 11 is 0. The lowest BCUT2D eigenvalue weighted by Gasteiger charge is -2.48. The average Bonchev–Trinajstić information content (AvgIpc) is 2.36. The maximum Gasteiger partial charge on any atom is 0.0138 e. The van der Waals surface area contributed by atoms with Gasteiger partial charge in [0.15, 0.2) is 0 Å². The maximum absolute atomic E-state index is 6.03. The molecule has 0 bridgehead atoms. The van der Waals surface area contributed by atoms with Gasteiger partial charge >= 0.3 is 0 Å². The smallest absolute Gasteiger partial charge is 0.0138 e. The van der Waals surface area contributed by atoms with Crippen LogP contribution in [0.4, 0.5) is 0 Å². The maximum atomic E-state index is 6.03. The zero-order chi connectivity index (χ0) is 13.2. The van der Waals surface area contributed by atoms with Crippen LogP contribution in [0.25, 0.3) is 0 Å². The van der Waals surface area contributed by atoms with Gasteiger partial charge in [-0.3, -0.25) is 4.90 Å². The molecule has 1 aliphatic heterocycles. The van der Waals surface area contributed by atoms with Crippen molar-refractivity contribution in [3.8, 4) is 0 Å². The summed E-state index contributed by atoms with van der Waals surface area (Å²) in [6.07, 6.45) is 8.28. The molecule has 1 saturated carbocycles. The van der Waals surface area contributed by atoms with Gasteiger partial charge in [-0.1, -0.05) is 33.6 Å². The lowest BCUT2D eigenvalue weighted by atomic mass is 9.74. The van der Waals surface area contributed by atoms with Gasteiger partial charge in [0, 0.05) is 12.6 Å². The van der Waals surface area contributed by atoms with Gasteiger partial charge in [-0.05, 0) is 56.0 Å². The molecule has 0 amide bonds. The van der Waals surface area contributed by atoms with Crippen LogP contribution in [0.2, 0.25) is 0 Å². The van der Waals surface area contributed by atoms with Crippen LogP contribution in [0.1, 0.15) is 59.3 Å². The highest BCUT2D eigenvalue weighted by atomic mass is 15.2. The summed E-state index contributed by atoms with van der Waals surface area (Å²) in [5.74, 6) is 1.70. The van der Waals surface area contributed by atoms with Crippen LogP contribution in [0, 0.1) is 17.3 Å². The number of hydrogen-bond acceptors (Lipinski definition) is 2. The molecule has 2 aliphatic rings. The van der Waals surface area contributed by atoms with E-state index in [-0.39, 0.29) is 0 Å². The Labute approximate surface area is 113 Å². The summed E-state index contributed by atoms with van der Waals surface area (Å²) in [4.78, 5) is 2.78. The van der Waals surface area contributed by atoms with E-state index in [0.717, 1.165) is 24.4 Å². The Morgan fingerprint density at radius 2 is 2.06 bits per heavy atom. The summed E-state index contributed by atoms with van der Waals surface area (Å²) < 4.78 is 0. The highest BCUT2D eigenvalue weighted by molar-refractivity contribution is 4.91. The standard InChI is InChI=1S/C16H32N2/c1-4-13-6-7-14(11-17)15(10-13)18-9-5-8-16(2,3)12-18/h13-15H,4-12,17H2,1-3H3. The van der Waals surface area contributed by atoms with Crippen molar-refractivity contribution in [2.24, 2.45) is 23.0 Å². The van der Waals surface area contributed by atoms with E-state index in [0.29, 0.717) is 5.41 Å². The van der Waals surface area contributed by atoms with Gasteiger partial charge in [0.05, 0.1) is 0 Å². The van der Waals surface area contributed by atoms with Crippen LogP contribution in [0.5, 0.6) is 0 Å². The van der Waals surface area contributed by atoms with Crippen molar-refractivity contribution in [1.82, 2.24) is 4.90 Å². The number of rotatable bonds is 3. The lowest BCUT2D eigenvalue weighted by Crippen LogP contribution is -2.52. The van der Waals surface area contributed by atoms with Crippen molar-refractivity contribution in [3.63, 3.8) is 0 Å². The van der Waals surface area contributed by atoms with E-state index in [1.54, 1.807) is 0 Å². The minimum atomic E-state index is 0.510. The highest BCUT2D eigenvalue weighted by Gasteiger charge is 2.37. The van der Waals surface area contributed by atoms with Crippen molar-refractivity contribution in [2.45, 2.75) is 65.3 Å². The number of nitrogens with zero attached hydrogens (tertiary/aromatic N) is 1. The van der Waals surface area contributed by atoms with Crippen molar-refractivity contribution in [1.29, 1.82) is 0 Å². The van der Waals surface area contributed by atoms with E-state index < -0.39 is 0 Å². The fourth-order valence-electron chi connectivity index (χ4n) is 4.14. The summed E-state index contributed by atoms with van der Waals surface area (Å²) in [7, 11) is 0. The third-order valence-corrected chi connectivity index (χ3v) is 5.34. The van der Waals surface area contributed by atoms with Crippen molar-refractivity contribution >= 4 is 0 Å². The molecule has 0 spiro atoms. The van der Waals surface area contributed by atoms with E-state index in [2.05, 4.69) is 25.7 Å². The van der Waals surface area contributed by atoms with Crippen LogP contribution in [-0.4, -0.2) is 30.6 Å². The fourth-order valence-corrected chi connectivity index (χ4v) is 4.14.